The number of hydrogen-bond donors (Lipinski definition) is 1. The van der Waals surface area contributed by atoms with E-state index in [1.54, 1.807) is 0 Å². The standard InChI is InChI=1S/C29H50O5S/c1-25(2,3)35(6,7)34-15-11-20-8-9-21-24-22(10-12-26(20,21)4)27(5)13-14-29(32-16-17-33-29)19-28(27,31)18-23(24)30/h20-22,24,31H,8-19H2,1-7H3/t20?,21?,22?,24?,26?,27?,28-/m1/s1. The van der Waals surface area contributed by atoms with Crippen LogP contribution in [0.5, 0.6) is 0 Å². The Morgan fingerprint density at radius 2 is 1.71 bits per heavy atom. The van der Waals surface area contributed by atoms with Gasteiger partial charge in [-0.15, -0.1) is 10.3 Å². The fourth-order valence-corrected chi connectivity index (χ4v) is 9.69. The molecule has 35 heavy (non-hydrogen) atoms. The molecule has 1 saturated heterocycles. The third-order valence-corrected chi connectivity index (χ3v) is 15.6. The SMILES string of the molecule is CC12CCC3C(C(=O)C[C@@]4(O)CC5(CCC34C)OCCO5)C1CCC2CCOS(C)(C)C(C)(C)C. The largest absolute Gasteiger partial charge is 0.389 e. The average molecular weight is 511 g/mol. The van der Waals surface area contributed by atoms with Crippen molar-refractivity contribution in [3.8, 4) is 0 Å². The number of carbonyl (C=O) groups excluding carboxylic acids is 1. The molecule has 0 aromatic heterocycles. The van der Waals surface area contributed by atoms with Gasteiger partial charge in [-0.1, -0.05) is 34.6 Å². The zero-order valence-corrected chi connectivity index (χ0v) is 24.1. The number of ether oxygens (including phenoxy) is 2. The van der Waals surface area contributed by atoms with Gasteiger partial charge in [-0.05, 0) is 74.2 Å². The summed E-state index contributed by atoms with van der Waals surface area (Å²) in [6.07, 6.45) is 12.7. The van der Waals surface area contributed by atoms with Gasteiger partial charge in [0.2, 0.25) is 0 Å². The van der Waals surface area contributed by atoms with Crippen molar-refractivity contribution in [2.45, 2.75) is 109 Å². The highest BCUT2D eigenvalue weighted by Gasteiger charge is 2.69. The molecule has 7 atom stereocenters. The lowest BCUT2D eigenvalue weighted by molar-refractivity contribution is -0.278. The van der Waals surface area contributed by atoms with Gasteiger partial charge in [0.25, 0.3) is 0 Å². The van der Waals surface area contributed by atoms with Crippen molar-refractivity contribution < 1.29 is 23.6 Å². The summed E-state index contributed by atoms with van der Waals surface area (Å²) in [6, 6.07) is 0. The summed E-state index contributed by atoms with van der Waals surface area (Å²) in [6.45, 7) is 13.6. The molecule has 1 N–H and O–H groups in total. The fourth-order valence-electron chi connectivity index (χ4n) is 8.83. The number of fused-ring (bicyclic) bond motifs is 5. The van der Waals surface area contributed by atoms with E-state index in [9.17, 15) is 9.90 Å². The molecule has 0 radical (unpaired) electrons. The highest BCUT2D eigenvalue weighted by Crippen LogP contribution is 2.69. The molecule has 5 fully saturated rings. The Labute approximate surface area is 214 Å². The second-order valence-electron chi connectivity index (χ2n) is 14.4. The van der Waals surface area contributed by atoms with E-state index in [0.717, 1.165) is 45.1 Å². The predicted octanol–water partition coefficient (Wildman–Crippen LogP) is 5.87. The molecule has 0 aromatic carbocycles. The normalized spacial score (nSPS) is 45.8. The van der Waals surface area contributed by atoms with Crippen molar-refractivity contribution in [2.75, 3.05) is 32.3 Å². The van der Waals surface area contributed by atoms with Gasteiger partial charge >= 0.3 is 0 Å². The number of ketones is 1. The van der Waals surface area contributed by atoms with Crippen LogP contribution in [0.3, 0.4) is 0 Å². The molecule has 5 aliphatic rings. The Bertz CT molecular complexity index is 845. The molecule has 1 aliphatic heterocycles. The van der Waals surface area contributed by atoms with Gasteiger partial charge in [0.05, 0.1) is 25.4 Å². The number of Topliss-reactive ketones (excluding diaryl/α,β-unsaturated/α-hetero) is 1. The Kier molecular flexibility index (Phi) is 6.37. The summed E-state index contributed by atoms with van der Waals surface area (Å²) >= 11 is 0. The molecule has 0 amide bonds. The van der Waals surface area contributed by atoms with Crippen molar-refractivity contribution in [2.24, 2.45) is 34.5 Å². The van der Waals surface area contributed by atoms with E-state index >= 15 is 0 Å². The quantitative estimate of drug-likeness (QED) is 0.513. The Balaban J connectivity index is 1.31. The van der Waals surface area contributed by atoms with Crippen LogP contribution in [-0.2, 0) is 18.5 Å². The highest BCUT2D eigenvalue weighted by atomic mass is 32.3. The first-order valence-electron chi connectivity index (χ1n) is 14.1. The Morgan fingerprint density at radius 3 is 2.37 bits per heavy atom. The highest BCUT2D eigenvalue weighted by molar-refractivity contribution is 8.29. The average Bonchev–Trinajstić information content (AvgIpc) is 3.33. The molecule has 5 nitrogen and oxygen atoms in total. The summed E-state index contributed by atoms with van der Waals surface area (Å²) in [4.78, 5) is 13.8. The second kappa shape index (κ2) is 8.43. The molecular formula is C29H50O5S. The summed E-state index contributed by atoms with van der Waals surface area (Å²) in [5, 5.41) is 12.0. The van der Waals surface area contributed by atoms with Crippen LogP contribution in [0, 0.1) is 34.5 Å². The Hall–Kier alpha value is -0.140. The fraction of sp³-hybridized carbons (Fsp3) is 0.966. The lowest BCUT2D eigenvalue weighted by Gasteiger charge is -2.64. The first-order valence-corrected chi connectivity index (χ1v) is 16.4. The minimum atomic E-state index is -1.11. The van der Waals surface area contributed by atoms with E-state index in [-0.39, 0.29) is 33.8 Å². The van der Waals surface area contributed by atoms with Crippen molar-refractivity contribution in [1.82, 2.24) is 0 Å². The van der Waals surface area contributed by atoms with Crippen molar-refractivity contribution >= 4 is 16.1 Å². The van der Waals surface area contributed by atoms with E-state index in [2.05, 4.69) is 47.1 Å². The van der Waals surface area contributed by atoms with Gasteiger partial charge in [0.15, 0.2) is 5.79 Å². The van der Waals surface area contributed by atoms with E-state index in [1.807, 2.05) is 0 Å². The molecule has 6 unspecified atom stereocenters. The molecule has 202 valence electrons. The number of aliphatic hydroxyl groups is 1. The minimum absolute atomic E-state index is 0.0982. The van der Waals surface area contributed by atoms with Crippen molar-refractivity contribution in [3.63, 3.8) is 0 Å². The maximum Gasteiger partial charge on any atom is 0.171 e. The smallest absolute Gasteiger partial charge is 0.171 e. The summed E-state index contributed by atoms with van der Waals surface area (Å²) < 4.78 is 18.7. The van der Waals surface area contributed by atoms with Crippen LogP contribution in [0.4, 0.5) is 0 Å². The lowest BCUT2D eigenvalue weighted by atomic mass is 9.42. The van der Waals surface area contributed by atoms with Crippen molar-refractivity contribution in [1.29, 1.82) is 0 Å². The molecule has 4 aliphatic carbocycles. The Morgan fingerprint density at radius 1 is 1.03 bits per heavy atom. The first kappa shape index (κ1) is 26.5. The molecule has 0 aromatic rings. The van der Waals surface area contributed by atoms with Crippen LogP contribution in [0.25, 0.3) is 0 Å². The van der Waals surface area contributed by atoms with Crippen LogP contribution in [0.2, 0.25) is 0 Å². The molecule has 5 rings (SSSR count). The zero-order valence-electron chi connectivity index (χ0n) is 23.3. The van der Waals surface area contributed by atoms with Gasteiger partial charge in [0.1, 0.15) is 5.78 Å². The zero-order chi connectivity index (χ0) is 25.5. The topological polar surface area (TPSA) is 65.0 Å². The molecule has 0 bridgehead atoms. The van der Waals surface area contributed by atoms with Crippen molar-refractivity contribution in [3.05, 3.63) is 0 Å². The molecule has 1 spiro atoms. The first-order chi connectivity index (χ1) is 16.2. The molecular weight excluding hydrogens is 460 g/mol. The van der Waals surface area contributed by atoms with Crippen LogP contribution in [0.15, 0.2) is 0 Å². The van der Waals surface area contributed by atoms with Gasteiger partial charge in [-0.3, -0.25) is 4.79 Å². The van der Waals surface area contributed by atoms with Gasteiger partial charge in [-0.2, -0.15) is 0 Å². The summed E-state index contributed by atoms with van der Waals surface area (Å²) in [5.74, 6) is 1.06. The third-order valence-electron chi connectivity index (χ3n) is 11.9. The minimum Gasteiger partial charge on any atom is -0.389 e. The summed E-state index contributed by atoms with van der Waals surface area (Å²) in [7, 11) is -1.11. The van der Waals surface area contributed by atoms with Crippen LogP contribution >= 0.6 is 10.3 Å². The van der Waals surface area contributed by atoms with Crippen LogP contribution in [0.1, 0.15) is 92.4 Å². The third kappa shape index (κ3) is 3.99. The maximum absolute atomic E-state index is 13.8. The van der Waals surface area contributed by atoms with Crippen LogP contribution in [-0.4, -0.2) is 59.4 Å². The maximum atomic E-state index is 13.8. The molecule has 4 saturated carbocycles. The molecule has 1 heterocycles. The van der Waals surface area contributed by atoms with Gasteiger partial charge < -0.3 is 18.8 Å². The predicted molar refractivity (Wildman–Crippen MR) is 141 cm³/mol. The number of rotatable bonds is 4. The lowest BCUT2D eigenvalue weighted by Crippen LogP contribution is -2.67. The number of carbonyl (C=O) groups is 1. The van der Waals surface area contributed by atoms with Crippen LogP contribution < -0.4 is 0 Å². The summed E-state index contributed by atoms with van der Waals surface area (Å²) in [5.41, 5.74) is -1.05. The second-order valence-corrected chi connectivity index (χ2v) is 18.3. The van der Waals surface area contributed by atoms with Gasteiger partial charge in [0, 0.05) is 35.3 Å². The van der Waals surface area contributed by atoms with E-state index in [0.29, 0.717) is 37.3 Å². The van der Waals surface area contributed by atoms with E-state index in [4.69, 9.17) is 13.7 Å². The molecule has 6 heteroatoms. The monoisotopic (exact) mass is 510 g/mol. The number of hydrogen-bond acceptors (Lipinski definition) is 5. The van der Waals surface area contributed by atoms with E-state index < -0.39 is 21.7 Å². The van der Waals surface area contributed by atoms with Gasteiger partial charge in [-0.25, -0.2) is 0 Å². The van der Waals surface area contributed by atoms with E-state index in [1.165, 1.54) is 6.42 Å².